The molecular weight excluding hydrogens is 426 g/mol. The Morgan fingerprint density at radius 3 is 3.00 bits per heavy atom. The Kier molecular flexibility index (Phi) is 4.38. The molecule has 2 aromatic heterocycles. The highest BCUT2D eigenvalue weighted by Crippen LogP contribution is 2.36. The maximum atomic E-state index is 12.4. The fourth-order valence-electron chi connectivity index (χ4n) is 3.83. The SMILES string of the molecule is O=c1oc2cc(Br)ccc2n1CN1CCCCC1c1nc2ccccc2s1. The van der Waals surface area contributed by atoms with Gasteiger partial charge in [0.25, 0.3) is 0 Å². The van der Waals surface area contributed by atoms with Crippen LogP contribution < -0.4 is 5.76 Å². The molecule has 7 heteroatoms. The summed E-state index contributed by atoms with van der Waals surface area (Å²) in [4.78, 5) is 19.7. The summed E-state index contributed by atoms with van der Waals surface area (Å²) in [6.45, 7) is 1.48. The first-order chi connectivity index (χ1) is 13.2. The van der Waals surface area contributed by atoms with Crippen LogP contribution in [0.5, 0.6) is 0 Å². The topological polar surface area (TPSA) is 51.3 Å². The second-order valence-corrected chi connectivity index (χ2v) is 8.87. The number of nitrogens with zero attached hydrogens (tertiary/aromatic N) is 3. The Hall–Kier alpha value is -1.96. The maximum Gasteiger partial charge on any atom is 0.421 e. The molecule has 0 saturated carbocycles. The summed E-state index contributed by atoms with van der Waals surface area (Å²) in [5.74, 6) is -0.309. The molecule has 27 heavy (non-hydrogen) atoms. The lowest BCUT2D eigenvalue weighted by Gasteiger charge is -2.34. The van der Waals surface area contributed by atoms with Crippen molar-refractivity contribution in [2.24, 2.45) is 0 Å². The predicted molar refractivity (Wildman–Crippen MR) is 111 cm³/mol. The zero-order chi connectivity index (χ0) is 18.4. The van der Waals surface area contributed by atoms with Gasteiger partial charge in [-0.2, -0.15) is 0 Å². The minimum atomic E-state index is -0.309. The van der Waals surface area contributed by atoms with E-state index in [2.05, 4.69) is 39.0 Å². The van der Waals surface area contributed by atoms with Gasteiger partial charge in [-0.1, -0.05) is 34.5 Å². The van der Waals surface area contributed by atoms with Crippen LogP contribution in [0.3, 0.4) is 0 Å². The molecule has 0 radical (unpaired) electrons. The minimum Gasteiger partial charge on any atom is -0.408 e. The monoisotopic (exact) mass is 443 g/mol. The van der Waals surface area contributed by atoms with Gasteiger partial charge in [0.15, 0.2) is 5.58 Å². The number of para-hydroxylation sites is 1. The molecule has 0 aliphatic carbocycles. The van der Waals surface area contributed by atoms with Crippen LogP contribution >= 0.6 is 27.3 Å². The van der Waals surface area contributed by atoms with Gasteiger partial charge in [-0.15, -0.1) is 11.3 Å². The number of oxazole rings is 1. The van der Waals surface area contributed by atoms with Gasteiger partial charge in [-0.05, 0) is 43.2 Å². The van der Waals surface area contributed by atoms with Crippen LogP contribution in [0, 0.1) is 0 Å². The summed E-state index contributed by atoms with van der Waals surface area (Å²) in [5, 5.41) is 1.14. The third-order valence-corrected chi connectivity index (χ3v) is 6.79. The van der Waals surface area contributed by atoms with Crippen molar-refractivity contribution in [1.82, 2.24) is 14.5 Å². The van der Waals surface area contributed by atoms with Crippen molar-refractivity contribution in [3.63, 3.8) is 0 Å². The summed E-state index contributed by atoms with van der Waals surface area (Å²) in [7, 11) is 0. The van der Waals surface area contributed by atoms with Crippen molar-refractivity contribution >= 4 is 48.6 Å². The molecule has 5 rings (SSSR count). The molecule has 3 heterocycles. The number of likely N-dealkylation sites (tertiary alicyclic amines) is 1. The molecule has 1 aliphatic heterocycles. The molecule has 2 aromatic carbocycles. The maximum absolute atomic E-state index is 12.4. The van der Waals surface area contributed by atoms with Crippen molar-refractivity contribution < 1.29 is 4.42 Å². The van der Waals surface area contributed by atoms with Gasteiger partial charge in [-0.25, -0.2) is 9.78 Å². The first-order valence-electron chi connectivity index (χ1n) is 9.07. The largest absolute Gasteiger partial charge is 0.421 e. The molecule has 1 atom stereocenters. The highest BCUT2D eigenvalue weighted by molar-refractivity contribution is 9.10. The number of rotatable bonds is 3. The normalized spacial score (nSPS) is 18.5. The van der Waals surface area contributed by atoms with Gasteiger partial charge in [0.2, 0.25) is 0 Å². The molecule has 0 spiro atoms. The molecule has 4 aromatic rings. The standard InChI is InChI=1S/C20H18BrN3O2S/c21-13-8-9-15-17(11-13)26-20(25)24(15)12-23-10-4-3-6-16(23)19-22-14-5-1-2-7-18(14)27-19/h1-2,5,7-9,11,16H,3-4,6,10,12H2. The fraction of sp³-hybridized carbons (Fsp3) is 0.300. The first-order valence-corrected chi connectivity index (χ1v) is 10.7. The summed E-state index contributed by atoms with van der Waals surface area (Å²) >= 11 is 5.19. The minimum absolute atomic E-state index is 0.239. The Morgan fingerprint density at radius 2 is 2.11 bits per heavy atom. The molecule has 1 saturated heterocycles. The molecule has 5 nitrogen and oxygen atoms in total. The first kappa shape index (κ1) is 17.2. The summed E-state index contributed by atoms with van der Waals surface area (Å²) < 4.78 is 9.30. The van der Waals surface area contributed by atoms with Crippen molar-refractivity contribution in [3.8, 4) is 0 Å². The number of aromatic nitrogens is 2. The highest BCUT2D eigenvalue weighted by Gasteiger charge is 2.28. The number of thiazole rings is 1. The molecule has 0 bridgehead atoms. The van der Waals surface area contributed by atoms with Crippen LogP contribution in [0.25, 0.3) is 21.3 Å². The molecule has 1 unspecified atom stereocenters. The van der Waals surface area contributed by atoms with Gasteiger partial charge >= 0.3 is 5.76 Å². The summed E-state index contributed by atoms with van der Waals surface area (Å²) in [6, 6.07) is 14.2. The van der Waals surface area contributed by atoms with Crippen LogP contribution in [0.2, 0.25) is 0 Å². The van der Waals surface area contributed by atoms with E-state index in [-0.39, 0.29) is 11.8 Å². The third-order valence-electron chi connectivity index (χ3n) is 5.16. The lowest BCUT2D eigenvalue weighted by molar-refractivity contribution is 0.109. The Bertz CT molecular complexity index is 1150. The lowest BCUT2D eigenvalue weighted by Crippen LogP contribution is -2.37. The number of hydrogen-bond donors (Lipinski definition) is 0. The molecule has 0 amide bonds. The van der Waals surface area contributed by atoms with Crippen LogP contribution in [-0.4, -0.2) is 21.0 Å². The van der Waals surface area contributed by atoms with E-state index >= 15 is 0 Å². The number of hydrogen-bond acceptors (Lipinski definition) is 5. The summed E-state index contributed by atoms with van der Waals surface area (Å²) in [5.41, 5.74) is 2.50. The fourth-order valence-corrected chi connectivity index (χ4v) is 5.31. The number of benzene rings is 2. The second-order valence-electron chi connectivity index (χ2n) is 6.89. The zero-order valence-corrected chi connectivity index (χ0v) is 17.0. The summed E-state index contributed by atoms with van der Waals surface area (Å²) in [6.07, 6.45) is 3.39. The highest BCUT2D eigenvalue weighted by atomic mass is 79.9. The van der Waals surface area contributed by atoms with E-state index in [1.807, 2.05) is 24.3 Å². The van der Waals surface area contributed by atoms with E-state index in [0.717, 1.165) is 39.9 Å². The van der Waals surface area contributed by atoms with Crippen molar-refractivity contribution in [2.45, 2.75) is 32.0 Å². The Balaban J connectivity index is 1.51. The lowest BCUT2D eigenvalue weighted by atomic mass is 10.0. The quantitative estimate of drug-likeness (QED) is 0.439. The predicted octanol–water partition coefficient (Wildman–Crippen LogP) is 5.15. The zero-order valence-electron chi connectivity index (χ0n) is 14.6. The Labute approximate surface area is 168 Å². The van der Waals surface area contributed by atoms with Crippen LogP contribution in [0.15, 0.2) is 56.1 Å². The van der Waals surface area contributed by atoms with Crippen LogP contribution in [0.1, 0.15) is 30.3 Å². The molecule has 0 N–H and O–H groups in total. The van der Waals surface area contributed by atoms with Crippen molar-refractivity contribution in [1.29, 1.82) is 0 Å². The average molecular weight is 444 g/mol. The van der Waals surface area contributed by atoms with E-state index in [4.69, 9.17) is 9.40 Å². The second kappa shape index (κ2) is 6.89. The molecular formula is C20H18BrN3O2S. The average Bonchev–Trinajstić information content (AvgIpc) is 3.23. The van der Waals surface area contributed by atoms with Crippen LogP contribution in [0.4, 0.5) is 0 Å². The van der Waals surface area contributed by atoms with Gasteiger partial charge in [0, 0.05) is 11.0 Å². The van der Waals surface area contributed by atoms with E-state index < -0.39 is 0 Å². The van der Waals surface area contributed by atoms with Crippen molar-refractivity contribution in [3.05, 3.63) is 62.5 Å². The Morgan fingerprint density at radius 1 is 1.22 bits per heavy atom. The molecule has 138 valence electrons. The third kappa shape index (κ3) is 3.13. The van der Waals surface area contributed by atoms with E-state index in [1.54, 1.807) is 15.9 Å². The van der Waals surface area contributed by atoms with Gasteiger partial charge < -0.3 is 4.42 Å². The van der Waals surface area contributed by atoms with E-state index in [0.29, 0.717) is 12.3 Å². The number of piperidine rings is 1. The van der Waals surface area contributed by atoms with E-state index in [9.17, 15) is 4.79 Å². The smallest absolute Gasteiger partial charge is 0.408 e. The van der Waals surface area contributed by atoms with E-state index in [1.165, 1.54) is 11.1 Å². The van der Waals surface area contributed by atoms with Gasteiger partial charge in [0.1, 0.15) is 5.01 Å². The van der Waals surface area contributed by atoms with Crippen molar-refractivity contribution in [2.75, 3.05) is 6.54 Å². The molecule has 1 fully saturated rings. The number of halogens is 1. The van der Waals surface area contributed by atoms with Gasteiger partial charge in [0.05, 0.1) is 28.4 Å². The molecule has 1 aliphatic rings. The van der Waals surface area contributed by atoms with Gasteiger partial charge in [-0.3, -0.25) is 9.47 Å². The van der Waals surface area contributed by atoms with Crippen LogP contribution in [-0.2, 0) is 6.67 Å². The number of fused-ring (bicyclic) bond motifs is 2.